The Morgan fingerprint density at radius 1 is 1.46 bits per heavy atom. The third kappa shape index (κ3) is 1.93. The molecule has 0 aliphatic carbocycles. The molecule has 0 radical (unpaired) electrons. The van der Waals surface area contributed by atoms with Gasteiger partial charge in [-0.15, -0.1) is 0 Å². The lowest BCUT2D eigenvalue weighted by Gasteiger charge is -2.14. The zero-order chi connectivity index (χ0) is 9.10. The third-order valence-electron chi connectivity index (χ3n) is 1.88. The van der Waals surface area contributed by atoms with Crippen LogP contribution in [-0.4, -0.2) is 35.3 Å². The van der Waals surface area contributed by atoms with Crippen LogP contribution in [0.5, 0.6) is 5.88 Å². The summed E-state index contributed by atoms with van der Waals surface area (Å²) in [5, 5.41) is 0. The molecule has 2 rings (SSSR count). The van der Waals surface area contributed by atoms with Crippen molar-refractivity contribution in [3.8, 4) is 5.88 Å². The molecule has 0 spiro atoms. The van der Waals surface area contributed by atoms with Gasteiger partial charge in [0.2, 0.25) is 5.88 Å². The number of rotatable bonds is 2. The predicted molar refractivity (Wildman–Crippen MR) is 45.2 cm³/mol. The Labute approximate surface area is 75.9 Å². The second kappa shape index (κ2) is 3.68. The van der Waals surface area contributed by atoms with Gasteiger partial charge in [0.15, 0.2) is 0 Å². The van der Waals surface area contributed by atoms with Gasteiger partial charge in [-0.1, -0.05) is 0 Å². The summed E-state index contributed by atoms with van der Waals surface area (Å²) in [6.45, 7) is 1.07. The SMILES string of the molecule is NC1COCC1Oc1cnccn1. The van der Waals surface area contributed by atoms with Gasteiger partial charge in [-0.3, -0.25) is 4.98 Å². The van der Waals surface area contributed by atoms with E-state index in [4.69, 9.17) is 15.2 Å². The Hall–Kier alpha value is -1.20. The van der Waals surface area contributed by atoms with Crippen molar-refractivity contribution >= 4 is 0 Å². The van der Waals surface area contributed by atoms with Crippen LogP contribution in [0.15, 0.2) is 18.6 Å². The first-order valence-corrected chi connectivity index (χ1v) is 4.12. The van der Waals surface area contributed by atoms with E-state index in [2.05, 4.69) is 9.97 Å². The number of aromatic nitrogens is 2. The van der Waals surface area contributed by atoms with Gasteiger partial charge in [-0.2, -0.15) is 0 Å². The van der Waals surface area contributed by atoms with E-state index in [0.717, 1.165) is 0 Å². The van der Waals surface area contributed by atoms with Crippen LogP contribution in [0.4, 0.5) is 0 Å². The zero-order valence-corrected chi connectivity index (χ0v) is 7.09. The maximum Gasteiger partial charge on any atom is 0.232 e. The fraction of sp³-hybridized carbons (Fsp3) is 0.500. The molecule has 1 aromatic heterocycles. The highest BCUT2D eigenvalue weighted by Crippen LogP contribution is 2.11. The van der Waals surface area contributed by atoms with Crippen molar-refractivity contribution in [2.45, 2.75) is 12.1 Å². The van der Waals surface area contributed by atoms with Gasteiger partial charge in [0.1, 0.15) is 6.10 Å². The molecule has 2 unspecified atom stereocenters. The second-order valence-corrected chi connectivity index (χ2v) is 2.90. The van der Waals surface area contributed by atoms with Crippen molar-refractivity contribution in [3.05, 3.63) is 18.6 Å². The van der Waals surface area contributed by atoms with Gasteiger partial charge in [-0.25, -0.2) is 4.98 Å². The topological polar surface area (TPSA) is 70.3 Å². The lowest BCUT2D eigenvalue weighted by Crippen LogP contribution is -2.37. The molecule has 1 fully saturated rings. The molecular weight excluding hydrogens is 170 g/mol. The highest BCUT2D eigenvalue weighted by Gasteiger charge is 2.26. The molecule has 5 nitrogen and oxygen atoms in total. The van der Waals surface area contributed by atoms with Gasteiger partial charge in [0.25, 0.3) is 0 Å². The maximum absolute atomic E-state index is 5.73. The largest absolute Gasteiger partial charge is 0.469 e. The summed E-state index contributed by atoms with van der Waals surface area (Å²) in [5.74, 6) is 0.494. The van der Waals surface area contributed by atoms with Crippen molar-refractivity contribution in [1.29, 1.82) is 0 Å². The highest BCUT2D eigenvalue weighted by molar-refractivity contribution is 5.03. The molecule has 1 saturated heterocycles. The first kappa shape index (κ1) is 8.40. The minimum absolute atomic E-state index is 0.0676. The molecule has 0 bridgehead atoms. The quantitative estimate of drug-likeness (QED) is 0.671. The van der Waals surface area contributed by atoms with Gasteiger partial charge in [0, 0.05) is 12.4 Å². The Balaban J connectivity index is 1.98. The summed E-state index contributed by atoms with van der Waals surface area (Å²) in [6.07, 6.45) is 4.64. The number of ether oxygens (including phenoxy) is 2. The minimum Gasteiger partial charge on any atom is -0.469 e. The molecular formula is C8H11N3O2. The summed E-state index contributed by atoms with van der Waals surface area (Å²) in [7, 11) is 0. The Bertz CT molecular complexity index is 267. The number of hydrogen-bond acceptors (Lipinski definition) is 5. The van der Waals surface area contributed by atoms with E-state index in [1.54, 1.807) is 18.6 Å². The molecule has 5 heteroatoms. The first-order chi connectivity index (χ1) is 6.36. The van der Waals surface area contributed by atoms with Crippen molar-refractivity contribution < 1.29 is 9.47 Å². The van der Waals surface area contributed by atoms with Crippen LogP contribution in [-0.2, 0) is 4.74 Å². The van der Waals surface area contributed by atoms with Crippen LogP contribution in [0, 0.1) is 0 Å². The molecule has 0 amide bonds. The second-order valence-electron chi connectivity index (χ2n) is 2.90. The first-order valence-electron chi connectivity index (χ1n) is 4.12. The van der Waals surface area contributed by atoms with Gasteiger partial charge in [-0.05, 0) is 0 Å². The number of nitrogens with two attached hydrogens (primary N) is 1. The molecule has 1 aliphatic heterocycles. The third-order valence-corrected chi connectivity index (χ3v) is 1.88. The van der Waals surface area contributed by atoms with Crippen LogP contribution in [0.3, 0.4) is 0 Å². The van der Waals surface area contributed by atoms with E-state index < -0.39 is 0 Å². The van der Waals surface area contributed by atoms with Crippen molar-refractivity contribution in [2.24, 2.45) is 5.73 Å². The minimum atomic E-state index is -0.100. The molecule has 1 aromatic rings. The summed E-state index contributed by atoms with van der Waals surface area (Å²) >= 11 is 0. The molecule has 2 heterocycles. The molecule has 0 aromatic carbocycles. The molecule has 13 heavy (non-hydrogen) atoms. The Kier molecular flexibility index (Phi) is 2.37. The highest BCUT2D eigenvalue weighted by atomic mass is 16.6. The van der Waals surface area contributed by atoms with E-state index in [1.807, 2.05) is 0 Å². The average molecular weight is 181 g/mol. The monoisotopic (exact) mass is 181 g/mol. The molecule has 1 aliphatic rings. The fourth-order valence-corrected chi connectivity index (χ4v) is 1.17. The molecule has 70 valence electrons. The number of hydrogen-bond donors (Lipinski definition) is 1. The van der Waals surface area contributed by atoms with Gasteiger partial charge >= 0.3 is 0 Å². The molecule has 2 N–H and O–H groups in total. The normalized spacial score (nSPS) is 27.5. The van der Waals surface area contributed by atoms with E-state index in [0.29, 0.717) is 19.1 Å². The number of nitrogens with zero attached hydrogens (tertiary/aromatic N) is 2. The Morgan fingerprint density at radius 2 is 2.38 bits per heavy atom. The van der Waals surface area contributed by atoms with Crippen molar-refractivity contribution in [3.63, 3.8) is 0 Å². The molecule has 2 atom stereocenters. The van der Waals surface area contributed by atoms with Crippen LogP contribution >= 0.6 is 0 Å². The van der Waals surface area contributed by atoms with Gasteiger partial charge < -0.3 is 15.2 Å². The maximum atomic E-state index is 5.73. The zero-order valence-electron chi connectivity index (χ0n) is 7.09. The summed E-state index contributed by atoms with van der Waals surface area (Å²) < 4.78 is 10.6. The fourth-order valence-electron chi connectivity index (χ4n) is 1.17. The smallest absolute Gasteiger partial charge is 0.232 e. The van der Waals surface area contributed by atoms with Crippen molar-refractivity contribution in [2.75, 3.05) is 13.2 Å². The molecule has 0 saturated carbocycles. The standard InChI is InChI=1S/C8H11N3O2/c9-6-4-12-5-7(6)13-8-3-10-1-2-11-8/h1-3,6-7H,4-5,9H2. The summed E-state index contributed by atoms with van der Waals surface area (Å²) in [4.78, 5) is 7.86. The van der Waals surface area contributed by atoms with Crippen LogP contribution in [0.25, 0.3) is 0 Å². The van der Waals surface area contributed by atoms with Crippen LogP contribution in [0.1, 0.15) is 0 Å². The van der Waals surface area contributed by atoms with E-state index >= 15 is 0 Å². The average Bonchev–Trinajstić information content (AvgIpc) is 2.54. The van der Waals surface area contributed by atoms with Crippen LogP contribution in [0.2, 0.25) is 0 Å². The van der Waals surface area contributed by atoms with E-state index in [1.165, 1.54) is 0 Å². The Morgan fingerprint density at radius 3 is 3.00 bits per heavy atom. The predicted octanol–water partition coefficient (Wildman–Crippen LogP) is -0.419. The lowest BCUT2D eigenvalue weighted by atomic mass is 10.2. The van der Waals surface area contributed by atoms with Crippen molar-refractivity contribution in [1.82, 2.24) is 9.97 Å². The van der Waals surface area contributed by atoms with E-state index in [-0.39, 0.29) is 12.1 Å². The summed E-state index contributed by atoms with van der Waals surface area (Å²) in [6, 6.07) is -0.0676. The van der Waals surface area contributed by atoms with Gasteiger partial charge in [0.05, 0.1) is 25.5 Å². The van der Waals surface area contributed by atoms with Crippen LogP contribution < -0.4 is 10.5 Å². The van der Waals surface area contributed by atoms with E-state index in [9.17, 15) is 0 Å². The lowest BCUT2D eigenvalue weighted by molar-refractivity contribution is 0.136. The summed E-state index contributed by atoms with van der Waals surface area (Å²) in [5.41, 5.74) is 5.73.